The third-order valence-electron chi connectivity index (χ3n) is 3.64. The first kappa shape index (κ1) is 19.9. The minimum atomic E-state index is -0.396. The number of hydrogen-bond acceptors (Lipinski definition) is 3. The molecular formula is C19H20ClN3O2S. The summed E-state index contributed by atoms with van der Waals surface area (Å²) in [5.74, 6) is -0.753. The Morgan fingerprint density at radius 1 is 0.846 bits per heavy atom. The first-order valence-electron chi connectivity index (χ1n) is 7.94. The lowest BCUT2D eigenvalue weighted by atomic mass is 9.87. The van der Waals surface area contributed by atoms with Gasteiger partial charge in [-0.3, -0.25) is 25.8 Å². The predicted octanol–water partition coefficient (Wildman–Crippen LogP) is 3.59. The molecule has 3 N–H and O–H groups in total. The Balaban J connectivity index is 1.88. The average Bonchev–Trinajstić information content (AvgIpc) is 2.59. The van der Waals surface area contributed by atoms with E-state index in [-0.39, 0.29) is 16.4 Å². The highest BCUT2D eigenvalue weighted by molar-refractivity contribution is 7.80. The van der Waals surface area contributed by atoms with Crippen molar-refractivity contribution in [2.45, 2.75) is 26.2 Å². The van der Waals surface area contributed by atoms with Crippen LogP contribution in [0.3, 0.4) is 0 Å². The lowest BCUT2D eigenvalue weighted by molar-refractivity contribution is 0.0934. The Morgan fingerprint density at radius 2 is 1.35 bits per heavy atom. The number of rotatable bonds is 2. The quantitative estimate of drug-likeness (QED) is 0.542. The average molecular weight is 390 g/mol. The number of thiocarbonyl (C=S) groups is 1. The summed E-state index contributed by atoms with van der Waals surface area (Å²) in [6, 6.07) is 13.7. The van der Waals surface area contributed by atoms with E-state index in [1.807, 2.05) is 12.1 Å². The van der Waals surface area contributed by atoms with Crippen LogP contribution >= 0.6 is 23.8 Å². The molecule has 0 spiro atoms. The maximum absolute atomic E-state index is 12.2. The molecule has 0 bridgehead atoms. The molecule has 0 aliphatic rings. The fourth-order valence-corrected chi connectivity index (χ4v) is 2.38. The molecule has 0 unspecified atom stereocenters. The van der Waals surface area contributed by atoms with Crippen LogP contribution in [-0.2, 0) is 5.41 Å². The van der Waals surface area contributed by atoms with E-state index in [0.29, 0.717) is 16.1 Å². The van der Waals surface area contributed by atoms with E-state index in [1.54, 1.807) is 36.4 Å². The van der Waals surface area contributed by atoms with E-state index >= 15 is 0 Å². The summed E-state index contributed by atoms with van der Waals surface area (Å²) in [6.07, 6.45) is 0. The summed E-state index contributed by atoms with van der Waals surface area (Å²) in [5.41, 5.74) is 6.95. The SMILES string of the molecule is CC(C)(C)c1ccc(C(=O)NC(=S)NNC(=O)c2ccc(Cl)cc2)cc1. The van der Waals surface area contributed by atoms with Gasteiger partial charge >= 0.3 is 0 Å². The maximum atomic E-state index is 12.2. The van der Waals surface area contributed by atoms with E-state index in [2.05, 4.69) is 36.9 Å². The first-order valence-corrected chi connectivity index (χ1v) is 8.73. The summed E-state index contributed by atoms with van der Waals surface area (Å²) in [4.78, 5) is 24.2. The summed E-state index contributed by atoms with van der Waals surface area (Å²) >= 11 is 10.8. The van der Waals surface area contributed by atoms with Gasteiger partial charge in [-0.25, -0.2) is 0 Å². The number of benzene rings is 2. The smallest absolute Gasteiger partial charge is 0.269 e. The molecule has 0 aromatic heterocycles. The zero-order chi connectivity index (χ0) is 19.3. The molecule has 0 atom stereocenters. The van der Waals surface area contributed by atoms with E-state index in [1.165, 1.54) is 0 Å². The van der Waals surface area contributed by atoms with Gasteiger partial charge in [0, 0.05) is 16.1 Å². The van der Waals surface area contributed by atoms with Gasteiger partial charge < -0.3 is 0 Å². The van der Waals surface area contributed by atoms with Gasteiger partial charge in [-0.1, -0.05) is 44.5 Å². The molecule has 0 heterocycles. The molecule has 5 nitrogen and oxygen atoms in total. The molecule has 2 rings (SSSR count). The van der Waals surface area contributed by atoms with E-state index in [9.17, 15) is 9.59 Å². The van der Waals surface area contributed by atoms with Gasteiger partial charge in [-0.15, -0.1) is 0 Å². The van der Waals surface area contributed by atoms with Gasteiger partial charge in [0.05, 0.1) is 0 Å². The van der Waals surface area contributed by atoms with Gasteiger partial charge in [0.1, 0.15) is 0 Å². The van der Waals surface area contributed by atoms with Crippen LogP contribution in [0.25, 0.3) is 0 Å². The molecule has 0 fully saturated rings. The van der Waals surface area contributed by atoms with Crippen molar-refractivity contribution in [3.05, 3.63) is 70.2 Å². The Morgan fingerprint density at radius 3 is 1.88 bits per heavy atom. The van der Waals surface area contributed by atoms with Gasteiger partial charge in [-0.05, 0) is 59.6 Å². The monoisotopic (exact) mass is 389 g/mol. The van der Waals surface area contributed by atoms with Crippen molar-refractivity contribution < 1.29 is 9.59 Å². The number of hydrogen-bond donors (Lipinski definition) is 3. The molecule has 0 aliphatic heterocycles. The number of carbonyl (C=O) groups excluding carboxylic acids is 2. The second-order valence-corrected chi connectivity index (χ2v) is 7.54. The maximum Gasteiger partial charge on any atom is 0.269 e. The number of hydrazine groups is 1. The van der Waals surface area contributed by atoms with E-state index in [0.717, 1.165) is 5.56 Å². The highest BCUT2D eigenvalue weighted by Crippen LogP contribution is 2.22. The molecule has 2 aromatic rings. The van der Waals surface area contributed by atoms with Crippen LogP contribution in [0.2, 0.25) is 5.02 Å². The molecule has 2 amide bonds. The number of carbonyl (C=O) groups is 2. The van der Waals surface area contributed by atoms with Crippen LogP contribution < -0.4 is 16.2 Å². The summed E-state index contributed by atoms with van der Waals surface area (Å²) < 4.78 is 0. The lowest BCUT2D eigenvalue weighted by Gasteiger charge is -2.19. The van der Waals surface area contributed by atoms with Crippen molar-refractivity contribution in [1.82, 2.24) is 16.2 Å². The highest BCUT2D eigenvalue weighted by Gasteiger charge is 2.15. The fourth-order valence-electron chi connectivity index (χ4n) is 2.12. The minimum absolute atomic E-state index is 0.00258. The molecule has 0 radical (unpaired) electrons. The van der Waals surface area contributed by atoms with Crippen molar-refractivity contribution in [3.63, 3.8) is 0 Å². The second kappa shape index (κ2) is 8.29. The third-order valence-corrected chi connectivity index (χ3v) is 4.09. The van der Waals surface area contributed by atoms with Crippen LogP contribution in [0.1, 0.15) is 47.1 Å². The van der Waals surface area contributed by atoms with Gasteiger partial charge in [0.25, 0.3) is 11.8 Å². The van der Waals surface area contributed by atoms with Gasteiger partial charge in [-0.2, -0.15) is 0 Å². The molecule has 7 heteroatoms. The van der Waals surface area contributed by atoms with Gasteiger partial charge in [0.15, 0.2) is 5.11 Å². The standard InChI is InChI=1S/C19H20ClN3O2S/c1-19(2,3)14-8-4-12(5-9-14)16(24)21-18(26)23-22-17(25)13-6-10-15(20)11-7-13/h4-11H,1-3H3,(H,22,25)(H2,21,23,24,26). The summed E-state index contributed by atoms with van der Waals surface area (Å²) in [6.45, 7) is 6.31. The lowest BCUT2D eigenvalue weighted by Crippen LogP contribution is -2.48. The van der Waals surface area contributed by atoms with Crippen LogP contribution in [0, 0.1) is 0 Å². The first-order chi connectivity index (χ1) is 12.2. The zero-order valence-corrected chi connectivity index (χ0v) is 16.3. The molecule has 0 saturated carbocycles. The van der Waals surface area contributed by atoms with Crippen molar-refractivity contribution in [2.24, 2.45) is 0 Å². The molecule has 0 aliphatic carbocycles. The van der Waals surface area contributed by atoms with Crippen LogP contribution in [0.15, 0.2) is 48.5 Å². The summed E-state index contributed by atoms with van der Waals surface area (Å²) in [5, 5.41) is 3.05. The Kier molecular flexibility index (Phi) is 6.34. The minimum Gasteiger partial charge on any atom is -0.298 e. The summed E-state index contributed by atoms with van der Waals surface area (Å²) in [7, 11) is 0. The molecule has 0 saturated heterocycles. The van der Waals surface area contributed by atoms with Crippen LogP contribution in [-0.4, -0.2) is 16.9 Å². The second-order valence-electron chi connectivity index (χ2n) is 6.70. The van der Waals surface area contributed by atoms with Gasteiger partial charge in [0.2, 0.25) is 0 Å². The molecule has 26 heavy (non-hydrogen) atoms. The van der Waals surface area contributed by atoms with E-state index < -0.39 is 5.91 Å². The molecule has 136 valence electrons. The number of nitrogens with one attached hydrogen (secondary N) is 3. The predicted molar refractivity (Wildman–Crippen MR) is 107 cm³/mol. The van der Waals surface area contributed by atoms with Crippen molar-refractivity contribution in [3.8, 4) is 0 Å². The highest BCUT2D eigenvalue weighted by atomic mass is 35.5. The van der Waals surface area contributed by atoms with Crippen LogP contribution in [0.4, 0.5) is 0 Å². The zero-order valence-electron chi connectivity index (χ0n) is 14.7. The van der Waals surface area contributed by atoms with Crippen molar-refractivity contribution in [1.29, 1.82) is 0 Å². The van der Waals surface area contributed by atoms with Crippen molar-refractivity contribution in [2.75, 3.05) is 0 Å². The third kappa shape index (κ3) is 5.54. The van der Waals surface area contributed by atoms with Crippen LogP contribution in [0.5, 0.6) is 0 Å². The normalized spacial score (nSPS) is 10.8. The number of halogens is 1. The fraction of sp³-hybridized carbons (Fsp3) is 0.211. The number of amides is 2. The molecule has 2 aromatic carbocycles. The van der Waals surface area contributed by atoms with E-state index in [4.69, 9.17) is 23.8 Å². The topological polar surface area (TPSA) is 70.2 Å². The largest absolute Gasteiger partial charge is 0.298 e. The Labute approximate surface area is 163 Å². The Hall–Kier alpha value is -2.44. The molecular weight excluding hydrogens is 370 g/mol. The Bertz CT molecular complexity index is 812. The van der Waals surface area contributed by atoms with Crippen molar-refractivity contribution >= 4 is 40.7 Å².